The molecule has 0 radical (unpaired) electrons. The molecule has 0 amide bonds. The first kappa shape index (κ1) is 14.7. The van der Waals surface area contributed by atoms with E-state index in [1.165, 1.54) is 19.1 Å². The van der Waals surface area contributed by atoms with Crippen LogP contribution in [-0.4, -0.2) is 23.7 Å². The lowest BCUT2D eigenvalue weighted by molar-refractivity contribution is -0.144. The van der Waals surface area contributed by atoms with Gasteiger partial charge in [0, 0.05) is 10.6 Å². The number of halogens is 1. The normalized spacial score (nSPS) is 14.5. The van der Waals surface area contributed by atoms with Crippen LogP contribution in [0.4, 0.5) is 0 Å². The summed E-state index contributed by atoms with van der Waals surface area (Å²) >= 11 is 5.66. The summed E-state index contributed by atoms with van der Waals surface area (Å²) in [6, 6.07) is 0. The van der Waals surface area contributed by atoms with Crippen LogP contribution in [0.3, 0.4) is 0 Å². The molecule has 0 aromatic heterocycles. The molecule has 1 unspecified atom stereocenters. The predicted octanol–water partition coefficient (Wildman–Crippen LogP) is 2.34. The van der Waals surface area contributed by atoms with Crippen molar-refractivity contribution in [3.05, 3.63) is 22.8 Å². The Hall–Kier alpha value is -1.29. The number of ether oxygens (including phenoxy) is 1. The first-order valence-corrected chi connectivity index (χ1v) is 5.18. The van der Waals surface area contributed by atoms with Gasteiger partial charge in [0.25, 0.3) is 0 Å². The Morgan fingerprint density at radius 1 is 1.38 bits per heavy atom. The van der Waals surface area contributed by atoms with E-state index in [-0.39, 0.29) is 12.2 Å². The van der Waals surface area contributed by atoms with Crippen LogP contribution >= 0.6 is 11.6 Å². The average molecular weight is 247 g/mol. The zero-order valence-corrected chi connectivity index (χ0v) is 10.2. The highest BCUT2D eigenvalue weighted by Crippen LogP contribution is 2.13. The first-order valence-electron chi connectivity index (χ1n) is 4.80. The van der Waals surface area contributed by atoms with Crippen LogP contribution in [0.5, 0.6) is 0 Å². The number of carboxylic acid groups (broad SMARTS) is 1. The molecule has 0 aromatic rings. The third-order valence-corrected chi connectivity index (χ3v) is 1.86. The SMILES string of the molecule is CCOC(=O)C(C=C(C)Cl)C=C(C)C(=O)O. The number of rotatable bonds is 5. The van der Waals surface area contributed by atoms with Gasteiger partial charge < -0.3 is 9.84 Å². The molecule has 0 aliphatic heterocycles. The summed E-state index contributed by atoms with van der Waals surface area (Å²) in [6.07, 6.45) is 2.76. The van der Waals surface area contributed by atoms with Gasteiger partial charge in [-0.2, -0.15) is 0 Å². The van der Waals surface area contributed by atoms with Gasteiger partial charge in [-0.05, 0) is 20.8 Å². The van der Waals surface area contributed by atoms with Crippen molar-refractivity contribution < 1.29 is 19.4 Å². The Morgan fingerprint density at radius 3 is 2.31 bits per heavy atom. The molecule has 0 aromatic carbocycles. The Labute approximate surface area is 99.5 Å². The number of hydrogen-bond donors (Lipinski definition) is 1. The summed E-state index contributed by atoms with van der Waals surface area (Å²) in [7, 11) is 0. The van der Waals surface area contributed by atoms with Crippen LogP contribution in [0.1, 0.15) is 20.8 Å². The smallest absolute Gasteiger partial charge is 0.330 e. The lowest BCUT2D eigenvalue weighted by atomic mass is 10.1. The molecule has 0 rings (SSSR count). The van der Waals surface area contributed by atoms with E-state index in [4.69, 9.17) is 21.4 Å². The molecule has 0 fully saturated rings. The molecular formula is C11H15ClO4. The molecule has 90 valence electrons. The van der Waals surface area contributed by atoms with Crippen LogP contribution in [0.25, 0.3) is 0 Å². The molecule has 0 aliphatic carbocycles. The van der Waals surface area contributed by atoms with Crippen molar-refractivity contribution in [3.8, 4) is 0 Å². The fourth-order valence-corrected chi connectivity index (χ4v) is 1.15. The highest BCUT2D eigenvalue weighted by molar-refractivity contribution is 6.29. The zero-order chi connectivity index (χ0) is 12.7. The summed E-state index contributed by atoms with van der Waals surface area (Å²) in [6.45, 7) is 4.94. The summed E-state index contributed by atoms with van der Waals surface area (Å²) in [4.78, 5) is 22.1. The minimum absolute atomic E-state index is 0.0761. The maximum atomic E-state index is 11.5. The van der Waals surface area contributed by atoms with Crippen LogP contribution in [-0.2, 0) is 14.3 Å². The van der Waals surface area contributed by atoms with E-state index in [0.717, 1.165) is 0 Å². The molecule has 0 aliphatic rings. The van der Waals surface area contributed by atoms with Crippen LogP contribution < -0.4 is 0 Å². The number of carbonyl (C=O) groups is 2. The van der Waals surface area contributed by atoms with Crippen LogP contribution in [0, 0.1) is 5.92 Å². The van der Waals surface area contributed by atoms with Gasteiger partial charge in [-0.15, -0.1) is 0 Å². The number of hydrogen-bond acceptors (Lipinski definition) is 3. The lowest BCUT2D eigenvalue weighted by Gasteiger charge is -2.08. The van der Waals surface area contributed by atoms with Crippen molar-refractivity contribution in [2.75, 3.05) is 6.61 Å². The molecule has 0 spiro atoms. The number of carboxylic acids is 1. The summed E-state index contributed by atoms with van der Waals surface area (Å²) in [5, 5.41) is 9.11. The fourth-order valence-electron chi connectivity index (χ4n) is 1.01. The molecule has 0 heterocycles. The molecule has 16 heavy (non-hydrogen) atoms. The minimum atomic E-state index is -1.07. The Kier molecular flexibility index (Phi) is 6.49. The maximum Gasteiger partial charge on any atom is 0.330 e. The van der Waals surface area contributed by atoms with Gasteiger partial charge in [-0.1, -0.05) is 23.8 Å². The van der Waals surface area contributed by atoms with Gasteiger partial charge >= 0.3 is 11.9 Å². The Bertz CT molecular complexity index is 327. The maximum absolute atomic E-state index is 11.5. The third kappa shape index (κ3) is 5.56. The van der Waals surface area contributed by atoms with Crippen molar-refractivity contribution in [2.45, 2.75) is 20.8 Å². The molecule has 1 atom stereocenters. The van der Waals surface area contributed by atoms with Crippen molar-refractivity contribution in [1.29, 1.82) is 0 Å². The summed E-state index contributed by atoms with van der Waals surface area (Å²) in [5.74, 6) is -2.34. The fraction of sp³-hybridized carbons (Fsp3) is 0.455. The van der Waals surface area contributed by atoms with Gasteiger partial charge in [0.2, 0.25) is 0 Å². The summed E-state index contributed by atoms with van der Waals surface area (Å²) < 4.78 is 4.81. The van der Waals surface area contributed by atoms with E-state index < -0.39 is 17.9 Å². The van der Waals surface area contributed by atoms with Crippen molar-refractivity contribution in [2.24, 2.45) is 5.92 Å². The predicted molar refractivity (Wildman–Crippen MR) is 61.1 cm³/mol. The number of allylic oxidation sites excluding steroid dienone is 1. The topological polar surface area (TPSA) is 63.6 Å². The van der Waals surface area contributed by atoms with Crippen molar-refractivity contribution in [1.82, 2.24) is 0 Å². The molecule has 0 saturated heterocycles. The van der Waals surface area contributed by atoms with Crippen LogP contribution in [0.2, 0.25) is 0 Å². The minimum Gasteiger partial charge on any atom is -0.478 e. The van der Waals surface area contributed by atoms with Crippen molar-refractivity contribution >= 4 is 23.5 Å². The largest absolute Gasteiger partial charge is 0.478 e. The van der Waals surface area contributed by atoms with Crippen molar-refractivity contribution in [3.63, 3.8) is 0 Å². The molecule has 0 saturated carbocycles. The molecular weight excluding hydrogens is 232 g/mol. The quantitative estimate of drug-likeness (QED) is 0.597. The third-order valence-electron chi connectivity index (χ3n) is 1.73. The van der Waals surface area contributed by atoms with Gasteiger partial charge in [0.15, 0.2) is 0 Å². The van der Waals surface area contributed by atoms with Gasteiger partial charge in [0.05, 0.1) is 12.5 Å². The second-order valence-electron chi connectivity index (χ2n) is 3.19. The highest BCUT2D eigenvalue weighted by Gasteiger charge is 2.16. The monoisotopic (exact) mass is 246 g/mol. The Morgan fingerprint density at radius 2 is 1.94 bits per heavy atom. The molecule has 1 N–H and O–H groups in total. The van der Waals surface area contributed by atoms with E-state index in [9.17, 15) is 9.59 Å². The van der Waals surface area contributed by atoms with E-state index in [1.54, 1.807) is 13.8 Å². The number of esters is 1. The zero-order valence-electron chi connectivity index (χ0n) is 9.49. The van der Waals surface area contributed by atoms with Crippen LogP contribution in [0.15, 0.2) is 22.8 Å². The molecule has 4 nitrogen and oxygen atoms in total. The van der Waals surface area contributed by atoms with Gasteiger partial charge in [0.1, 0.15) is 0 Å². The second kappa shape index (κ2) is 7.06. The number of aliphatic carboxylic acids is 1. The average Bonchev–Trinajstić information content (AvgIpc) is 2.16. The van der Waals surface area contributed by atoms with E-state index >= 15 is 0 Å². The Balaban J connectivity index is 4.96. The first-order chi connectivity index (χ1) is 7.38. The van der Waals surface area contributed by atoms with Gasteiger partial charge in [-0.25, -0.2) is 4.79 Å². The van der Waals surface area contributed by atoms with E-state index in [2.05, 4.69) is 0 Å². The number of carbonyl (C=O) groups excluding carboxylic acids is 1. The second-order valence-corrected chi connectivity index (χ2v) is 3.78. The van der Waals surface area contributed by atoms with Gasteiger partial charge in [-0.3, -0.25) is 4.79 Å². The lowest BCUT2D eigenvalue weighted by Crippen LogP contribution is -2.15. The molecule has 5 heteroatoms. The summed E-state index contributed by atoms with van der Waals surface area (Å²) in [5.41, 5.74) is 0.0761. The van der Waals surface area contributed by atoms with E-state index in [0.29, 0.717) is 5.03 Å². The van der Waals surface area contributed by atoms with E-state index in [1.807, 2.05) is 0 Å². The highest BCUT2D eigenvalue weighted by atomic mass is 35.5. The molecule has 0 bridgehead atoms. The standard InChI is InChI=1S/C11H15ClO4/c1-4-16-11(15)9(6-8(3)12)5-7(2)10(13)14/h5-6,9H,4H2,1-3H3,(H,13,14).